The third-order valence-electron chi connectivity index (χ3n) is 4.77. The maximum atomic E-state index is 12.0. The van der Waals surface area contributed by atoms with Crippen LogP contribution >= 0.6 is 0 Å². The molecule has 1 aromatic carbocycles. The zero-order chi connectivity index (χ0) is 18.1. The molecule has 136 valence electrons. The summed E-state index contributed by atoms with van der Waals surface area (Å²) in [5.41, 5.74) is 8.51. The van der Waals surface area contributed by atoms with Crippen molar-refractivity contribution in [2.45, 2.75) is 25.9 Å². The Morgan fingerprint density at radius 2 is 1.88 bits per heavy atom. The summed E-state index contributed by atoms with van der Waals surface area (Å²) in [5, 5.41) is 12.4. The number of aromatic hydroxyl groups is 1. The molecule has 0 atom stereocenters. The first-order valence-corrected chi connectivity index (χ1v) is 8.80. The number of benzene rings is 1. The second-order valence-electron chi connectivity index (χ2n) is 6.81. The van der Waals surface area contributed by atoms with Gasteiger partial charge in [0.25, 0.3) is 0 Å². The van der Waals surface area contributed by atoms with E-state index in [0.717, 1.165) is 25.2 Å². The summed E-state index contributed by atoms with van der Waals surface area (Å²) in [4.78, 5) is 24.1. The number of carbonyl (C=O) groups excluding carboxylic acids is 1. The van der Waals surface area contributed by atoms with Crippen LogP contribution < -0.4 is 16.0 Å². The number of aromatic nitrogens is 2. The Hall–Kier alpha value is -2.87. The topological polar surface area (TPSA) is 108 Å². The Morgan fingerprint density at radius 1 is 1.15 bits per heavy atom. The van der Waals surface area contributed by atoms with E-state index in [1.54, 1.807) is 4.90 Å². The number of hydrogen-bond donors (Lipinski definition) is 3. The zero-order valence-electron chi connectivity index (χ0n) is 14.5. The largest absolute Gasteiger partial charge is 0.479 e. The molecule has 2 aromatic rings. The molecule has 2 aliphatic heterocycles. The van der Waals surface area contributed by atoms with Crippen LogP contribution in [0, 0.1) is 0 Å². The molecule has 4 N–H and O–H groups in total. The van der Waals surface area contributed by atoms with E-state index in [1.807, 2.05) is 12.1 Å². The molecule has 3 heterocycles. The minimum Gasteiger partial charge on any atom is -0.479 e. The normalized spacial score (nSPS) is 17.2. The molecule has 0 spiro atoms. The fraction of sp³-hybridized carbons (Fsp3) is 0.389. The molecule has 0 saturated carbocycles. The predicted octanol–water partition coefficient (Wildman–Crippen LogP) is 1.32. The number of carbonyl (C=O) groups is 1. The first-order valence-electron chi connectivity index (χ1n) is 8.80. The molecule has 1 aromatic heterocycles. The Kier molecular flexibility index (Phi) is 4.34. The lowest BCUT2D eigenvalue weighted by Crippen LogP contribution is -2.39. The molecule has 0 radical (unpaired) electrons. The van der Waals surface area contributed by atoms with Crippen molar-refractivity contribution < 1.29 is 9.90 Å². The number of fused-ring (bicyclic) bond motifs is 1. The number of nitrogens with zero attached hydrogens (tertiary/aromatic N) is 4. The molecule has 0 aliphatic carbocycles. The standard InChI is InChI=1S/C18H22N6O2/c19-16-15-17(22-18(26)21-16)24(11-14(25)20-15)10-13-5-3-4-12(8-13)9-23-6-1-2-7-23/h3-5,8H,1-2,6-7,9-11H2,(H,20,25)(H3,19,21,22,26). The van der Waals surface area contributed by atoms with Gasteiger partial charge in [-0.15, -0.1) is 0 Å². The van der Waals surface area contributed by atoms with Gasteiger partial charge in [-0.25, -0.2) is 0 Å². The Labute approximate surface area is 151 Å². The third kappa shape index (κ3) is 3.41. The van der Waals surface area contributed by atoms with Crippen LogP contribution in [0.3, 0.4) is 0 Å². The number of amides is 1. The summed E-state index contributed by atoms with van der Waals surface area (Å²) >= 11 is 0. The molecule has 1 saturated heterocycles. The van der Waals surface area contributed by atoms with Crippen molar-refractivity contribution in [3.63, 3.8) is 0 Å². The van der Waals surface area contributed by atoms with Gasteiger partial charge in [-0.05, 0) is 37.1 Å². The first kappa shape index (κ1) is 16.6. The lowest BCUT2D eigenvalue weighted by atomic mass is 10.1. The van der Waals surface area contributed by atoms with Gasteiger partial charge in [0.15, 0.2) is 11.6 Å². The van der Waals surface area contributed by atoms with E-state index in [4.69, 9.17) is 5.73 Å². The zero-order valence-corrected chi connectivity index (χ0v) is 14.5. The summed E-state index contributed by atoms with van der Waals surface area (Å²) in [6, 6.07) is 7.96. The molecular weight excluding hydrogens is 332 g/mol. The molecule has 1 amide bonds. The van der Waals surface area contributed by atoms with E-state index in [-0.39, 0.29) is 18.3 Å². The van der Waals surface area contributed by atoms with Crippen LogP contribution in [0.2, 0.25) is 0 Å². The number of nitrogens with one attached hydrogen (secondary N) is 1. The Morgan fingerprint density at radius 3 is 2.65 bits per heavy atom. The fourth-order valence-electron chi connectivity index (χ4n) is 3.61. The van der Waals surface area contributed by atoms with Crippen molar-refractivity contribution in [1.29, 1.82) is 0 Å². The predicted molar refractivity (Wildman–Crippen MR) is 98.7 cm³/mol. The van der Waals surface area contributed by atoms with Crippen molar-refractivity contribution >= 4 is 23.2 Å². The number of anilines is 3. The number of hydrogen-bond acceptors (Lipinski definition) is 7. The van der Waals surface area contributed by atoms with Crippen LogP contribution in [0.15, 0.2) is 24.3 Å². The van der Waals surface area contributed by atoms with Crippen LogP contribution in [0.4, 0.5) is 17.3 Å². The molecule has 8 nitrogen and oxygen atoms in total. The monoisotopic (exact) mass is 354 g/mol. The number of rotatable bonds is 4. The van der Waals surface area contributed by atoms with Gasteiger partial charge in [0.2, 0.25) is 5.91 Å². The van der Waals surface area contributed by atoms with Crippen LogP contribution in [0.25, 0.3) is 0 Å². The summed E-state index contributed by atoms with van der Waals surface area (Å²) in [7, 11) is 0. The molecule has 26 heavy (non-hydrogen) atoms. The SMILES string of the molecule is Nc1nc(O)nc2c1NC(=O)CN2Cc1cccc(CN2CCCC2)c1. The van der Waals surface area contributed by atoms with Crippen LogP contribution in [0.5, 0.6) is 6.01 Å². The average molecular weight is 354 g/mol. The molecule has 1 fully saturated rings. The lowest BCUT2D eigenvalue weighted by molar-refractivity contribution is -0.115. The maximum absolute atomic E-state index is 12.0. The van der Waals surface area contributed by atoms with Crippen LogP contribution in [-0.2, 0) is 17.9 Å². The van der Waals surface area contributed by atoms with Gasteiger partial charge < -0.3 is 21.1 Å². The van der Waals surface area contributed by atoms with Crippen molar-refractivity contribution in [3.05, 3.63) is 35.4 Å². The van der Waals surface area contributed by atoms with Gasteiger partial charge in [-0.1, -0.05) is 24.3 Å². The lowest BCUT2D eigenvalue weighted by Gasteiger charge is -2.30. The summed E-state index contributed by atoms with van der Waals surface area (Å²) < 4.78 is 0. The molecule has 2 aliphatic rings. The average Bonchev–Trinajstić information content (AvgIpc) is 3.09. The summed E-state index contributed by atoms with van der Waals surface area (Å²) in [6.07, 6.45) is 2.54. The van der Waals surface area contributed by atoms with E-state index in [9.17, 15) is 9.90 Å². The summed E-state index contributed by atoms with van der Waals surface area (Å²) in [5.74, 6) is 0.333. The van der Waals surface area contributed by atoms with Crippen molar-refractivity contribution in [3.8, 4) is 6.01 Å². The van der Waals surface area contributed by atoms with Crippen molar-refractivity contribution in [2.75, 3.05) is 35.6 Å². The van der Waals surface area contributed by atoms with E-state index >= 15 is 0 Å². The third-order valence-corrected chi connectivity index (χ3v) is 4.77. The first-order chi connectivity index (χ1) is 12.6. The van der Waals surface area contributed by atoms with Gasteiger partial charge in [0.1, 0.15) is 5.69 Å². The van der Waals surface area contributed by atoms with Crippen molar-refractivity contribution in [1.82, 2.24) is 14.9 Å². The molecule has 4 rings (SSSR count). The van der Waals surface area contributed by atoms with E-state index < -0.39 is 6.01 Å². The van der Waals surface area contributed by atoms with Gasteiger partial charge in [0, 0.05) is 13.1 Å². The highest BCUT2D eigenvalue weighted by Crippen LogP contribution is 2.33. The minimum atomic E-state index is -0.398. The number of nitrogen functional groups attached to an aromatic ring is 1. The highest BCUT2D eigenvalue weighted by atomic mass is 16.3. The second-order valence-corrected chi connectivity index (χ2v) is 6.81. The molecule has 0 bridgehead atoms. The molecular formula is C18H22N6O2. The molecule has 8 heteroatoms. The van der Waals surface area contributed by atoms with Gasteiger partial charge in [-0.3, -0.25) is 9.69 Å². The van der Waals surface area contributed by atoms with Crippen molar-refractivity contribution in [2.24, 2.45) is 0 Å². The van der Waals surface area contributed by atoms with Gasteiger partial charge in [-0.2, -0.15) is 9.97 Å². The number of likely N-dealkylation sites (tertiary alicyclic amines) is 1. The van der Waals surface area contributed by atoms with Crippen LogP contribution in [-0.4, -0.2) is 45.5 Å². The summed E-state index contributed by atoms with van der Waals surface area (Å²) in [6.45, 7) is 3.91. The maximum Gasteiger partial charge on any atom is 0.317 e. The highest BCUT2D eigenvalue weighted by Gasteiger charge is 2.27. The van der Waals surface area contributed by atoms with E-state index in [1.165, 1.54) is 18.4 Å². The van der Waals surface area contributed by atoms with E-state index in [2.05, 4.69) is 32.3 Å². The van der Waals surface area contributed by atoms with Gasteiger partial charge >= 0.3 is 6.01 Å². The van der Waals surface area contributed by atoms with Crippen LogP contribution in [0.1, 0.15) is 24.0 Å². The minimum absolute atomic E-state index is 0.0633. The highest BCUT2D eigenvalue weighted by molar-refractivity contribution is 6.03. The smallest absolute Gasteiger partial charge is 0.317 e. The molecule has 0 unspecified atom stereocenters. The second kappa shape index (κ2) is 6.80. The quantitative estimate of drug-likeness (QED) is 0.760. The van der Waals surface area contributed by atoms with E-state index in [0.29, 0.717) is 18.1 Å². The fourth-order valence-corrected chi connectivity index (χ4v) is 3.61. The Bertz CT molecular complexity index is 834. The Balaban J connectivity index is 1.57. The van der Waals surface area contributed by atoms with Gasteiger partial charge in [0.05, 0.1) is 6.54 Å². The number of nitrogens with two attached hydrogens (primary N) is 1.